The molecule has 1 aliphatic heterocycles. The number of nitrogens with zero attached hydrogens (tertiary/aromatic N) is 4. The molecule has 23 heavy (non-hydrogen) atoms. The molecule has 114 valence electrons. The molecular weight excluding hydrogens is 312 g/mol. The molecule has 0 spiro atoms. The maximum atomic E-state index is 12.7. The second-order valence-corrected chi connectivity index (χ2v) is 5.83. The van der Waals surface area contributed by atoms with Crippen LogP contribution < -0.4 is 0 Å². The first-order chi connectivity index (χ1) is 11.2. The summed E-state index contributed by atoms with van der Waals surface area (Å²) in [5.74, 6) is -0.0487. The first kappa shape index (κ1) is 14.0. The third-order valence-electron chi connectivity index (χ3n) is 3.95. The van der Waals surface area contributed by atoms with Crippen molar-refractivity contribution in [1.82, 2.24) is 19.7 Å². The molecule has 0 bridgehead atoms. The molecule has 4 rings (SSSR count). The van der Waals surface area contributed by atoms with E-state index >= 15 is 0 Å². The van der Waals surface area contributed by atoms with Gasteiger partial charge in [-0.1, -0.05) is 23.7 Å². The number of pyridine rings is 1. The van der Waals surface area contributed by atoms with Gasteiger partial charge in [0.15, 0.2) is 0 Å². The standard InChI is InChI=1S/C17H13ClN4O/c18-16-5-1-3-12-9-21(11-15(12)16)17(23)13-7-20-22(10-13)14-4-2-6-19-8-14/h1-8,10H,9,11H2. The van der Waals surface area contributed by atoms with Gasteiger partial charge in [0.1, 0.15) is 0 Å². The fourth-order valence-corrected chi connectivity index (χ4v) is 3.02. The molecule has 0 aliphatic carbocycles. The largest absolute Gasteiger partial charge is 0.330 e. The maximum Gasteiger partial charge on any atom is 0.257 e. The SMILES string of the molecule is O=C(c1cnn(-c2cccnc2)c1)N1Cc2cccc(Cl)c2C1. The van der Waals surface area contributed by atoms with Crippen molar-refractivity contribution in [2.45, 2.75) is 13.1 Å². The highest BCUT2D eigenvalue weighted by Crippen LogP contribution is 2.29. The normalized spacial score (nSPS) is 13.2. The molecule has 5 nitrogen and oxygen atoms in total. The van der Waals surface area contributed by atoms with Crippen LogP contribution in [0.25, 0.3) is 5.69 Å². The first-order valence-corrected chi connectivity index (χ1v) is 7.61. The molecule has 3 aromatic rings. The lowest BCUT2D eigenvalue weighted by Gasteiger charge is -2.13. The van der Waals surface area contributed by atoms with Gasteiger partial charge in [0.05, 0.1) is 23.6 Å². The Bertz CT molecular complexity index is 875. The quantitative estimate of drug-likeness (QED) is 0.728. The second kappa shape index (κ2) is 5.52. The summed E-state index contributed by atoms with van der Waals surface area (Å²) in [6.45, 7) is 1.11. The summed E-state index contributed by atoms with van der Waals surface area (Å²) >= 11 is 6.21. The lowest BCUT2D eigenvalue weighted by atomic mass is 10.1. The zero-order valence-electron chi connectivity index (χ0n) is 12.2. The van der Waals surface area contributed by atoms with Crippen LogP contribution in [0.5, 0.6) is 0 Å². The zero-order chi connectivity index (χ0) is 15.8. The number of benzene rings is 1. The van der Waals surface area contributed by atoms with Gasteiger partial charge in [-0.05, 0) is 29.3 Å². The number of carbonyl (C=O) groups excluding carboxylic acids is 1. The molecule has 6 heteroatoms. The van der Waals surface area contributed by atoms with Crippen LogP contribution in [0.15, 0.2) is 55.1 Å². The van der Waals surface area contributed by atoms with E-state index in [2.05, 4.69) is 10.1 Å². The van der Waals surface area contributed by atoms with Gasteiger partial charge in [-0.15, -0.1) is 0 Å². The molecule has 1 aliphatic rings. The Morgan fingerprint density at radius 2 is 2.04 bits per heavy atom. The van der Waals surface area contributed by atoms with Crippen molar-refractivity contribution in [2.24, 2.45) is 0 Å². The molecule has 3 heterocycles. The van der Waals surface area contributed by atoms with Gasteiger partial charge in [0.25, 0.3) is 5.91 Å². The van der Waals surface area contributed by atoms with Gasteiger partial charge >= 0.3 is 0 Å². The van der Waals surface area contributed by atoms with E-state index in [4.69, 9.17) is 11.6 Å². The molecule has 1 aromatic carbocycles. The molecule has 2 aromatic heterocycles. The fraction of sp³-hybridized carbons (Fsp3) is 0.118. The molecule has 0 fully saturated rings. The highest BCUT2D eigenvalue weighted by molar-refractivity contribution is 6.31. The Morgan fingerprint density at radius 1 is 1.13 bits per heavy atom. The highest BCUT2D eigenvalue weighted by atomic mass is 35.5. The number of carbonyl (C=O) groups is 1. The minimum atomic E-state index is -0.0487. The average molecular weight is 325 g/mol. The molecular formula is C17H13ClN4O. The molecule has 0 saturated carbocycles. The van der Waals surface area contributed by atoms with E-state index in [1.165, 1.54) is 0 Å². The summed E-state index contributed by atoms with van der Waals surface area (Å²) in [6.07, 6.45) is 6.71. The van der Waals surface area contributed by atoms with E-state index in [9.17, 15) is 4.79 Å². The molecule has 0 atom stereocenters. The Balaban J connectivity index is 1.57. The minimum absolute atomic E-state index is 0.0487. The minimum Gasteiger partial charge on any atom is -0.330 e. The smallest absolute Gasteiger partial charge is 0.257 e. The Hall–Kier alpha value is -2.66. The van der Waals surface area contributed by atoms with Crippen molar-refractivity contribution >= 4 is 17.5 Å². The van der Waals surface area contributed by atoms with E-state index in [-0.39, 0.29) is 5.91 Å². The Labute approximate surface area is 138 Å². The van der Waals surface area contributed by atoms with Crippen LogP contribution in [0, 0.1) is 0 Å². The fourth-order valence-electron chi connectivity index (χ4n) is 2.77. The second-order valence-electron chi connectivity index (χ2n) is 5.42. The van der Waals surface area contributed by atoms with Gasteiger partial charge in [0.2, 0.25) is 0 Å². The van der Waals surface area contributed by atoms with Crippen LogP contribution in [-0.2, 0) is 13.1 Å². The van der Waals surface area contributed by atoms with Crippen molar-refractivity contribution in [3.8, 4) is 5.69 Å². The van der Waals surface area contributed by atoms with Crippen molar-refractivity contribution in [2.75, 3.05) is 0 Å². The topological polar surface area (TPSA) is 51.0 Å². The van der Waals surface area contributed by atoms with E-state index < -0.39 is 0 Å². The molecule has 0 saturated heterocycles. The summed E-state index contributed by atoms with van der Waals surface area (Å²) < 4.78 is 1.65. The van der Waals surface area contributed by atoms with Gasteiger partial charge < -0.3 is 4.90 Å². The lowest BCUT2D eigenvalue weighted by Crippen LogP contribution is -2.24. The molecule has 0 N–H and O–H groups in total. The van der Waals surface area contributed by atoms with E-state index in [0.29, 0.717) is 23.7 Å². The summed E-state index contributed by atoms with van der Waals surface area (Å²) in [6, 6.07) is 9.50. The van der Waals surface area contributed by atoms with Crippen LogP contribution >= 0.6 is 11.6 Å². The number of amides is 1. The maximum absolute atomic E-state index is 12.7. The number of halogens is 1. The summed E-state index contributed by atoms with van der Waals surface area (Å²) in [5, 5.41) is 4.96. The van der Waals surface area contributed by atoms with Crippen LogP contribution in [0.4, 0.5) is 0 Å². The number of hydrogen-bond acceptors (Lipinski definition) is 3. The number of fused-ring (bicyclic) bond motifs is 1. The summed E-state index contributed by atoms with van der Waals surface area (Å²) in [5.41, 5.74) is 3.50. The van der Waals surface area contributed by atoms with E-state index in [0.717, 1.165) is 16.8 Å². The van der Waals surface area contributed by atoms with Crippen molar-refractivity contribution in [3.63, 3.8) is 0 Å². The predicted molar refractivity (Wildman–Crippen MR) is 86.4 cm³/mol. The zero-order valence-corrected chi connectivity index (χ0v) is 12.9. The van der Waals surface area contributed by atoms with Crippen LogP contribution in [0.1, 0.15) is 21.5 Å². The van der Waals surface area contributed by atoms with Crippen molar-refractivity contribution in [1.29, 1.82) is 0 Å². The predicted octanol–water partition coefficient (Wildman–Crippen LogP) is 3.08. The average Bonchev–Trinajstić information content (AvgIpc) is 3.23. The molecule has 1 amide bonds. The Kier molecular flexibility index (Phi) is 3.35. The third-order valence-corrected chi connectivity index (χ3v) is 4.31. The summed E-state index contributed by atoms with van der Waals surface area (Å²) in [4.78, 5) is 18.5. The van der Waals surface area contributed by atoms with Gasteiger partial charge in [-0.2, -0.15) is 5.10 Å². The van der Waals surface area contributed by atoms with Crippen molar-refractivity contribution < 1.29 is 4.79 Å². The van der Waals surface area contributed by atoms with E-state index in [1.807, 2.05) is 30.3 Å². The molecule has 0 unspecified atom stereocenters. The van der Waals surface area contributed by atoms with Gasteiger partial charge in [0, 0.05) is 30.5 Å². The third kappa shape index (κ3) is 2.49. The lowest BCUT2D eigenvalue weighted by molar-refractivity contribution is 0.0751. The van der Waals surface area contributed by atoms with Crippen LogP contribution in [0.2, 0.25) is 5.02 Å². The number of hydrogen-bond donors (Lipinski definition) is 0. The number of rotatable bonds is 2. The van der Waals surface area contributed by atoms with Crippen LogP contribution in [-0.4, -0.2) is 25.6 Å². The first-order valence-electron chi connectivity index (χ1n) is 7.23. The highest BCUT2D eigenvalue weighted by Gasteiger charge is 2.26. The Morgan fingerprint density at radius 3 is 2.83 bits per heavy atom. The summed E-state index contributed by atoms with van der Waals surface area (Å²) in [7, 11) is 0. The van der Waals surface area contributed by atoms with Crippen molar-refractivity contribution in [3.05, 3.63) is 76.8 Å². The number of aromatic nitrogens is 3. The monoisotopic (exact) mass is 324 g/mol. The van der Waals surface area contributed by atoms with Gasteiger partial charge in [-0.3, -0.25) is 9.78 Å². The van der Waals surface area contributed by atoms with Gasteiger partial charge in [-0.25, -0.2) is 4.68 Å². The van der Waals surface area contributed by atoms with Crippen LogP contribution in [0.3, 0.4) is 0 Å². The van der Waals surface area contributed by atoms with E-state index in [1.54, 1.807) is 34.4 Å². The molecule has 0 radical (unpaired) electrons.